The third kappa shape index (κ3) is 3.29. The van der Waals surface area contributed by atoms with Crippen molar-refractivity contribution in [3.63, 3.8) is 0 Å². The van der Waals surface area contributed by atoms with Crippen LogP contribution in [0.5, 0.6) is 11.6 Å². The quantitative estimate of drug-likeness (QED) is 0.822. The van der Waals surface area contributed by atoms with Gasteiger partial charge in [0.2, 0.25) is 5.88 Å². The lowest BCUT2D eigenvalue weighted by Crippen LogP contribution is -2.10. The lowest BCUT2D eigenvalue weighted by atomic mass is 9.87. The van der Waals surface area contributed by atoms with Crippen molar-refractivity contribution in [3.8, 4) is 17.7 Å². The minimum absolute atomic E-state index is 0.118. The normalized spacial score (nSPS) is 10.8. The fourth-order valence-corrected chi connectivity index (χ4v) is 1.57. The Labute approximate surface area is 112 Å². The molecule has 2 rings (SSSR count). The monoisotopic (exact) mass is 253 g/mol. The van der Waals surface area contributed by atoms with Crippen LogP contribution in [-0.2, 0) is 5.41 Å². The maximum Gasteiger partial charge on any atom is 0.237 e. The molecule has 96 valence electrons. The van der Waals surface area contributed by atoms with Gasteiger partial charge in [0.15, 0.2) is 5.69 Å². The highest BCUT2D eigenvalue weighted by Gasteiger charge is 2.13. The van der Waals surface area contributed by atoms with E-state index in [1.807, 2.05) is 30.3 Å². The zero-order valence-corrected chi connectivity index (χ0v) is 11.2. The summed E-state index contributed by atoms with van der Waals surface area (Å²) in [4.78, 5) is 7.91. The number of hydrogen-bond donors (Lipinski definition) is 0. The Balaban J connectivity index is 2.13. The summed E-state index contributed by atoms with van der Waals surface area (Å²) in [6, 6.07) is 9.79. The van der Waals surface area contributed by atoms with Gasteiger partial charge in [-0.05, 0) is 23.1 Å². The third-order valence-corrected chi connectivity index (χ3v) is 2.69. The predicted octanol–water partition coefficient (Wildman–Crippen LogP) is 3.44. The minimum Gasteiger partial charge on any atom is -0.438 e. The summed E-state index contributed by atoms with van der Waals surface area (Å²) in [7, 11) is 0. The van der Waals surface area contributed by atoms with Crippen molar-refractivity contribution in [1.82, 2.24) is 9.97 Å². The lowest BCUT2D eigenvalue weighted by Gasteiger charge is -2.19. The average molecular weight is 253 g/mol. The molecule has 0 N–H and O–H groups in total. The molecular weight excluding hydrogens is 238 g/mol. The number of hydrogen-bond acceptors (Lipinski definition) is 4. The van der Waals surface area contributed by atoms with Crippen LogP contribution in [0.2, 0.25) is 0 Å². The molecular formula is C15H15N3O. The molecule has 0 aliphatic carbocycles. The van der Waals surface area contributed by atoms with Gasteiger partial charge in [-0.2, -0.15) is 5.26 Å². The van der Waals surface area contributed by atoms with Crippen molar-refractivity contribution < 1.29 is 4.74 Å². The van der Waals surface area contributed by atoms with Crippen molar-refractivity contribution in [2.24, 2.45) is 0 Å². The maximum absolute atomic E-state index is 8.63. The van der Waals surface area contributed by atoms with E-state index in [0.717, 1.165) is 0 Å². The highest BCUT2D eigenvalue weighted by molar-refractivity contribution is 5.33. The molecule has 0 bridgehead atoms. The molecule has 0 amide bonds. The Morgan fingerprint density at radius 2 is 1.74 bits per heavy atom. The van der Waals surface area contributed by atoms with Gasteiger partial charge in [0, 0.05) is 0 Å². The summed E-state index contributed by atoms with van der Waals surface area (Å²) in [6.07, 6.45) is 2.83. The Kier molecular flexibility index (Phi) is 3.48. The van der Waals surface area contributed by atoms with Crippen molar-refractivity contribution in [2.75, 3.05) is 0 Å². The highest BCUT2D eigenvalue weighted by Crippen LogP contribution is 2.25. The van der Waals surface area contributed by atoms with E-state index in [9.17, 15) is 0 Å². The van der Waals surface area contributed by atoms with Gasteiger partial charge in [-0.3, -0.25) is 0 Å². The van der Waals surface area contributed by atoms with E-state index in [-0.39, 0.29) is 11.1 Å². The van der Waals surface area contributed by atoms with Crippen LogP contribution in [0.15, 0.2) is 36.7 Å². The Bertz CT molecular complexity index is 589. The highest BCUT2D eigenvalue weighted by atomic mass is 16.5. The predicted molar refractivity (Wildman–Crippen MR) is 72.0 cm³/mol. The molecule has 0 spiro atoms. The molecule has 0 unspecified atom stereocenters. The van der Waals surface area contributed by atoms with Crippen molar-refractivity contribution in [2.45, 2.75) is 26.2 Å². The molecule has 0 saturated heterocycles. The molecule has 0 atom stereocenters. The van der Waals surface area contributed by atoms with Crippen LogP contribution in [0.25, 0.3) is 0 Å². The first-order valence-electron chi connectivity index (χ1n) is 5.99. The van der Waals surface area contributed by atoms with Crippen molar-refractivity contribution in [1.29, 1.82) is 5.26 Å². The summed E-state index contributed by atoms with van der Waals surface area (Å²) in [5.74, 6) is 1.08. The van der Waals surface area contributed by atoms with Crippen LogP contribution in [0, 0.1) is 11.3 Å². The summed E-state index contributed by atoms with van der Waals surface area (Å²) < 4.78 is 5.56. The zero-order chi connectivity index (χ0) is 13.9. The van der Waals surface area contributed by atoms with E-state index in [1.165, 1.54) is 18.0 Å². The van der Waals surface area contributed by atoms with Crippen LogP contribution < -0.4 is 4.74 Å². The Hall–Kier alpha value is -2.41. The summed E-state index contributed by atoms with van der Waals surface area (Å²) in [5.41, 5.74) is 1.63. The molecule has 0 fully saturated rings. The van der Waals surface area contributed by atoms with E-state index >= 15 is 0 Å². The third-order valence-electron chi connectivity index (χ3n) is 2.69. The maximum atomic E-state index is 8.63. The molecule has 0 radical (unpaired) electrons. The van der Waals surface area contributed by atoms with Gasteiger partial charge in [0.05, 0.1) is 12.4 Å². The molecule has 19 heavy (non-hydrogen) atoms. The topological polar surface area (TPSA) is 58.8 Å². The summed E-state index contributed by atoms with van der Waals surface area (Å²) >= 11 is 0. The van der Waals surface area contributed by atoms with Gasteiger partial charge in [0.1, 0.15) is 11.8 Å². The second-order valence-corrected chi connectivity index (χ2v) is 5.23. The van der Waals surface area contributed by atoms with Crippen LogP contribution >= 0.6 is 0 Å². The first-order chi connectivity index (χ1) is 8.99. The van der Waals surface area contributed by atoms with E-state index in [2.05, 4.69) is 30.7 Å². The molecule has 1 heterocycles. The van der Waals surface area contributed by atoms with E-state index < -0.39 is 0 Å². The molecule has 1 aromatic heterocycles. The van der Waals surface area contributed by atoms with Crippen molar-refractivity contribution in [3.05, 3.63) is 47.9 Å². The van der Waals surface area contributed by atoms with Gasteiger partial charge in [-0.1, -0.05) is 32.9 Å². The standard InChI is InChI=1S/C15H15N3O/c1-15(2,3)11-4-6-13(7-5-11)19-14-10-17-12(8-16)9-18-14/h4-7,9-10H,1-3H3. The number of nitriles is 1. The number of benzene rings is 1. The number of ether oxygens (including phenoxy) is 1. The van der Waals surface area contributed by atoms with Crippen LogP contribution in [0.3, 0.4) is 0 Å². The van der Waals surface area contributed by atoms with E-state index in [0.29, 0.717) is 11.6 Å². The fourth-order valence-electron chi connectivity index (χ4n) is 1.57. The molecule has 1 aromatic carbocycles. The van der Waals surface area contributed by atoms with Gasteiger partial charge in [0.25, 0.3) is 0 Å². The number of nitrogens with zero attached hydrogens (tertiary/aromatic N) is 3. The number of rotatable bonds is 2. The Morgan fingerprint density at radius 1 is 1.05 bits per heavy atom. The SMILES string of the molecule is CC(C)(C)c1ccc(Oc2cnc(C#N)cn2)cc1. The molecule has 0 saturated carbocycles. The average Bonchev–Trinajstić information content (AvgIpc) is 2.39. The van der Waals surface area contributed by atoms with Crippen LogP contribution in [0.1, 0.15) is 32.0 Å². The number of aromatic nitrogens is 2. The lowest BCUT2D eigenvalue weighted by molar-refractivity contribution is 0.459. The van der Waals surface area contributed by atoms with Crippen molar-refractivity contribution >= 4 is 0 Å². The molecule has 4 nitrogen and oxygen atoms in total. The molecule has 0 aliphatic heterocycles. The van der Waals surface area contributed by atoms with Gasteiger partial charge in [-0.15, -0.1) is 0 Å². The second-order valence-electron chi connectivity index (χ2n) is 5.23. The molecule has 0 aliphatic rings. The fraction of sp³-hybridized carbons (Fsp3) is 0.267. The summed E-state index contributed by atoms with van der Waals surface area (Å²) in [6.45, 7) is 6.48. The van der Waals surface area contributed by atoms with E-state index in [1.54, 1.807) is 0 Å². The Morgan fingerprint density at radius 3 is 2.21 bits per heavy atom. The van der Waals surface area contributed by atoms with E-state index in [4.69, 9.17) is 10.00 Å². The van der Waals surface area contributed by atoms with Gasteiger partial charge in [-0.25, -0.2) is 9.97 Å². The minimum atomic E-state index is 0.118. The zero-order valence-electron chi connectivity index (χ0n) is 11.2. The molecule has 4 heteroatoms. The first-order valence-corrected chi connectivity index (χ1v) is 5.99. The molecule has 2 aromatic rings. The summed E-state index contributed by atoms with van der Waals surface area (Å²) in [5, 5.41) is 8.63. The van der Waals surface area contributed by atoms with Crippen LogP contribution in [-0.4, -0.2) is 9.97 Å². The largest absolute Gasteiger partial charge is 0.438 e. The first kappa shape index (κ1) is 13.0. The van der Waals surface area contributed by atoms with Gasteiger partial charge >= 0.3 is 0 Å². The van der Waals surface area contributed by atoms with Crippen LogP contribution in [0.4, 0.5) is 0 Å². The smallest absolute Gasteiger partial charge is 0.237 e. The van der Waals surface area contributed by atoms with Gasteiger partial charge < -0.3 is 4.74 Å². The second kappa shape index (κ2) is 5.07.